The van der Waals surface area contributed by atoms with Crippen molar-refractivity contribution in [3.63, 3.8) is 0 Å². The fourth-order valence-electron chi connectivity index (χ4n) is 1.86. The van der Waals surface area contributed by atoms with Gasteiger partial charge in [0.25, 0.3) is 0 Å². The van der Waals surface area contributed by atoms with Crippen molar-refractivity contribution >= 4 is 34.0 Å². The molecule has 2 aromatic rings. The maximum atomic E-state index is 13.2. The van der Waals surface area contributed by atoms with Gasteiger partial charge in [0.15, 0.2) is 0 Å². The van der Waals surface area contributed by atoms with Crippen molar-refractivity contribution in [1.29, 1.82) is 0 Å². The summed E-state index contributed by atoms with van der Waals surface area (Å²) in [7, 11) is 0. The largest absolute Gasteiger partial charge is 0.444 e. The third kappa shape index (κ3) is 5.18. The first kappa shape index (κ1) is 17.7. The Morgan fingerprint density at radius 3 is 2.74 bits per heavy atom. The SMILES string of the molecule is Cc1nc(Cc2ccc(F)c(Cl)c2)sc1NC(=O)OC(C)(C)C. The van der Waals surface area contributed by atoms with Crippen molar-refractivity contribution in [2.75, 3.05) is 5.32 Å². The summed E-state index contributed by atoms with van der Waals surface area (Å²) in [5.41, 5.74) is 1.01. The van der Waals surface area contributed by atoms with Crippen molar-refractivity contribution in [2.45, 2.75) is 39.7 Å². The van der Waals surface area contributed by atoms with Crippen molar-refractivity contribution in [1.82, 2.24) is 4.98 Å². The van der Waals surface area contributed by atoms with E-state index in [0.717, 1.165) is 10.6 Å². The molecular formula is C16H18ClFN2O2S. The first-order chi connectivity index (χ1) is 10.6. The predicted octanol–water partition coefficient (Wildman–Crippen LogP) is 5.18. The van der Waals surface area contributed by atoms with E-state index in [-0.39, 0.29) is 5.02 Å². The molecular weight excluding hydrogens is 339 g/mol. The van der Waals surface area contributed by atoms with Crippen LogP contribution in [0.2, 0.25) is 5.02 Å². The van der Waals surface area contributed by atoms with E-state index in [1.807, 2.05) is 6.92 Å². The number of thiazole rings is 1. The molecule has 4 nitrogen and oxygen atoms in total. The number of nitrogens with one attached hydrogen (secondary N) is 1. The Morgan fingerprint density at radius 1 is 1.43 bits per heavy atom. The first-order valence-corrected chi connectivity index (χ1v) is 8.24. The summed E-state index contributed by atoms with van der Waals surface area (Å²) in [6, 6.07) is 4.57. The Hall–Kier alpha value is -1.66. The van der Waals surface area contributed by atoms with Gasteiger partial charge in [0.1, 0.15) is 16.4 Å². The highest BCUT2D eigenvalue weighted by Crippen LogP contribution is 2.27. The average Bonchev–Trinajstić information content (AvgIpc) is 2.72. The average molecular weight is 357 g/mol. The highest BCUT2D eigenvalue weighted by atomic mass is 35.5. The number of carbonyl (C=O) groups excluding carboxylic acids is 1. The molecule has 1 aromatic carbocycles. The van der Waals surface area contributed by atoms with Gasteiger partial charge < -0.3 is 4.74 Å². The van der Waals surface area contributed by atoms with Crippen LogP contribution in [0.1, 0.15) is 37.0 Å². The Bertz CT molecular complexity index is 725. The van der Waals surface area contributed by atoms with Gasteiger partial charge in [0, 0.05) is 6.42 Å². The summed E-state index contributed by atoms with van der Waals surface area (Å²) in [6.45, 7) is 7.21. The van der Waals surface area contributed by atoms with E-state index in [4.69, 9.17) is 16.3 Å². The van der Waals surface area contributed by atoms with Crippen LogP contribution in [0.25, 0.3) is 0 Å². The van der Waals surface area contributed by atoms with Crippen LogP contribution >= 0.6 is 22.9 Å². The summed E-state index contributed by atoms with van der Waals surface area (Å²) >= 11 is 7.14. The minimum absolute atomic E-state index is 0.0860. The van der Waals surface area contributed by atoms with Gasteiger partial charge in [0.2, 0.25) is 0 Å². The fourth-order valence-corrected chi connectivity index (χ4v) is 3.05. The molecule has 0 saturated carbocycles. The van der Waals surface area contributed by atoms with Gasteiger partial charge in [-0.05, 0) is 45.4 Å². The van der Waals surface area contributed by atoms with Crippen LogP contribution in [0.3, 0.4) is 0 Å². The molecule has 0 aliphatic rings. The molecule has 0 aliphatic carbocycles. The van der Waals surface area contributed by atoms with Crippen LogP contribution < -0.4 is 5.32 Å². The highest BCUT2D eigenvalue weighted by molar-refractivity contribution is 7.16. The van der Waals surface area contributed by atoms with Gasteiger partial charge in [-0.1, -0.05) is 17.7 Å². The van der Waals surface area contributed by atoms with Crippen LogP contribution in [0, 0.1) is 12.7 Å². The van der Waals surface area contributed by atoms with E-state index in [1.165, 1.54) is 17.4 Å². The summed E-state index contributed by atoms with van der Waals surface area (Å²) in [4.78, 5) is 16.2. The van der Waals surface area contributed by atoms with Gasteiger partial charge in [-0.15, -0.1) is 11.3 Å². The van der Waals surface area contributed by atoms with Crippen LogP contribution in [-0.4, -0.2) is 16.7 Å². The number of amides is 1. The molecule has 0 radical (unpaired) electrons. The maximum Gasteiger partial charge on any atom is 0.412 e. The molecule has 1 N–H and O–H groups in total. The smallest absolute Gasteiger partial charge is 0.412 e. The molecule has 1 aromatic heterocycles. The fraction of sp³-hybridized carbons (Fsp3) is 0.375. The summed E-state index contributed by atoms with van der Waals surface area (Å²) < 4.78 is 18.4. The third-order valence-corrected chi connectivity index (χ3v) is 4.16. The molecule has 0 bridgehead atoms. The predicted molar refractivity (Wildman–Crippen MR) is 90.9 cm³/mol. The normalized spacial score (nSPS) is 11.4. The third-order valence-electron chi connectivity index (χ3n) is 2.79. The number of rotatable bonds is 3. The zero-order chi connectivity index (χ0) is 17.2. The van der Waals surface area contributed by atoms with E-state index < -0.39 is 17.5 Å². The second-order valence-electron chi connectivity index (χ2n) is 6.07. The number of nitrogens with zero attached hydrogens (tertiary/aromatic N) is 1. The lowest BCUT2D eigenvalue weighted by atomic mass is 10.1. The zero-order valence-corrected chi connectivity index (χ0v) is 14.9. The maximum absolute atomic E-state index is 13.2. The first-order valence-electron chi connectivity index (χ1n) is 7.04. The number of aromatic nitrogens is 1. The molecule has 7 heteroatoms. The standard InChI is InChI=1S/C16H18ClFN2O2S/c1-9-14(20-15(21)22-16(2,3)4)23-13(19-9)8-10-5-6-12(18)11(17)7-10/h5-7H,8H2,1-4H3,(H,20,21). The Labute approximate surface area is 143 Å². The number of ether oxygens (including phenoxy) is 1. The molecule has 0 saturated heterocycles. The molecule has 23 heavy (non-hydrogen) atoms. The van der Waals surface area contributed by atoms with E-state index in [2.05, 4.69) is 10.3 Å². The van der Waals surface area contributed by atoms with Crippen LogP contribution in [0.4, 0.5) is 14.2 Å². The van der Waals surface area contributed by atoms with Crippen LogP contribution in [0.5, 0.6) is 0 Å². The van der Waals surface area contributed by atoms with Crippen LogP contribution in [-0.2, 0) is 11.2 Å². The summed E-state index contributed by atoms with van der Waals surface area (Å²) in [5, 5.41) is 4.23. The lowest BCUT2D eigenvalue weighted by Gasteiger charge is -2.19. The Kier molecular flexibility index (Phi) is 5.26. The zero-order valence-electron chi connectivity index (χ0n) is 13.4. The molecule has 0 aliphatic heterocycles. The number of aryl methyl sites for hydroxylation is 1. The number of benzene rings is 1. The quantitative estimate of drug-likeness (QED) is 0.824. The van der Waals surface area contributed by atoms with E-state index in [1.54, 1.807) is 32.9 Å². The molecule has 0 fully saturated rings. The van der Waals surface area contributed by atoms with Gasteiger partial charge in [-0.3, -0.25) is 5.32 Å². The Morgan fingerprint density at radius 2 is 2.13 bits per heavy atom. The second-order valence-corrected chi connectivity index (χ2v) is 7.57. The van der Waals surface area contributed by atoms with Crippen molar-refractivity contribution in [3.05, 3.63) is 45.3 Å². The molecule has 0 spiro atoms. The van der Waals surface area contributed by atoms with Gasteiger partial charge >= 0.3 is 6.09 Å². The van der Waals surface area contributed by atoms with E-state index in [9.17, 15) is 9.18 Å². The van der Waals surface area contributed by atoms with Crippen LogP contribution in [0.15, 0.2) is 18.2 Å². The summed E-state index contributed by atoms with van der Waals surface area (Å²) in [5.74, 6) is -0.446. The topological polar surface area (TPSA) is 51.2 Å². The monoisotopic (exact) mass is 356 g/mol. The highest BCUT2D eigenvalue weighted by Gasteiger charge is 2.18. The van der Waals surface area contributed by atoms with Gasteiger partial charge in [-0.25, -0.2) is 14.2 Å². The molecule has 124 valence electrons. The van der Waals surface area contributed by atoms with E-state index in [0.29, 0.717) is 17.1 Å². The molecule has 0 atom stereocenters. The molecule has 1 amide bonds. The number of hydrogen-bond acceptors (Lipinski definition) is 4. The summed E-state index contributed by atoms with van der Waals surface area (Å²) in [6.07, 6.45) is 0.00207. The molecule has 2 rings (SSSR count). The van der Waals surface area contributed by atoms with Gasteiger partial charge in [-0.2, -0.15) is 0 Å². The van der Waals surface area contributed by atoms with Gasteiger partial charge in [0.05, 0.1) is 15.7 Å². The van der Waals surface area contributed by atoms with E-state index >= 15 is 0 Å². The Balaban J connectivity index is 2.08. The molecule has 0 unspecified atom stereocenters. The van der Waals surface area contributed by atoms with Crippen molar-refractivity contribution < 1.29 is 13.9 Å². The lowest BCUT2D eigenvalue weighted by Crippen LogP contribution is -2.27. The number of hydrogen-bond donors (Lipinski definition) is 1. The van der Waals surface area contributed by atoms with Crippen molar-refractivity contribution in [3.8, 4) is 0 Å². The number of halogens is 2. The number of carbonyl (C=O) groups is 1. The lowest BCUT2D eigenvalue weighted by molar-refractivity contribution is 0.0636. The second kappa shape index (κ2) is 6.84. The minimum Gasteiger partial charge on any atom is -0.444 e. The molecule has 1 heterocycles. The number of anilines is 1. The van der Waals surface area contributed by atoms with Crippen molar-refractivity contribution in [2.24, 2.45) is 0 Å². The minimum atomic E-state index is -0.559.